The average molecular weight is 202 g/mol. The highest BCUT2D eigenvalue weighted by atomic mass is 16.3. The van der Waals surface area contributed by atoms with Crippen LogP contribution in [0.15, 0.2) is 0 Å². The van der Waals surface area contributed by atoms with Crippen LogP contribution in [-0.4, -0.2) is 35.1 Å². The molecule has 5 nitrogen and oxygen atoms in total. The van der Waals surface area contributed by atoms with E-state index in [0.29, 0.717) is 6.54 Å². The van der Waals surface area contributed by atoms with Gasteiger partial charge in [-0.15, -0.1) is 0 Å². The fourth-order valence-corrected chi connectivity index (χ4v) is 0.766. The molecule has 0 radical (unpaired) electrons. The molecule has 3 N–H and O–H groups in total. The molecule has 5 heteroatoms. The van der Waals surface area contributed by atoms with Gasteiger partial charge in [-0.3, -0.25) is 9.59 Å². The molecule has 0 heterocycles. The maximum Gasteiger partial charge on any atom is 0.252 e. The number of aliphatic hydroxyl groups is 1. The molecule has 1 unspecified atom stereocenters. The Hall–Kier alpha value is -1.10. The summed E-state index contributed by atoms with van der Waals surface area (Å²) < 4.78 is 0. The van der Waals surface area contributed by atoms with Crippen molar-refractivity contribution in [1.82, 2.24) is 10.6 Å². The zero-order chi connectivity index (χ0) is 11.4. The minimum Gasteiger partial charge on any atom is -0.381 e. The van der Waals surface area contributed by atoms with Gasteiger partial charge < -0.3 is 15.7 Å². The van der Waals surface area contributed by atoms with Crippen LogP contribution in [0.5, 0.6) is 0 Å². The monoisotopic (exact) mass is 202 g/mol. The van der Waals surface area contributed by atoms with Gasteiger partial charge in [-0.25, -0.2) is 0 Å². The minimum absolute atomic E-state index is 0.259. The van der Waals surface area contributed by atoms with Crippen LogP contribution in [-0.2, 0) is 9.59 Å². The lowest BCUT2D eigenvalue weighted by Crippen LogP contribution is -2.51. The van der Waals surface area contributed by atoms with Gasteiger partial charge in [-0.05, 0) is 27.7 Å². The first-order valence-corrected chi connectivity index (χ1v) is 4.60. The third-order valence-corrected chi connectivity index (χ3v) is 1.65. The van der Waals surface area contributed by atoms with Crippen LogP contribution in [0.4, 0.5) is 0 Å². The van der Waals surface area contributed by atoms with E-state index >= 15 is 0 Å². The molecule has 0 spiro atoms. The summed E-state index contributed by atoms with van der Waals surface area (Å²) in [6.45, 7) is 6.61. The Morgan fingerprint density at radius 1 is 1.43 bits per heavy atom. The summed E-state index contributed by atoms with van der Waals surface area (Å²) in [6, 6.07) is -0.631. The predicted octanol–water partition coefficient (Wildman–Crippen LogP) is -0.602. The smallest absolute Gasteiger partial charge is 0.252 e. The highest BCUT2D eigenvalue weighted by Crippen LogP contribution is 2.00. The second-order valence-electron chi connectivity index (χ2n) is 3.65. The molecule has 0 aromatic heterocycles. The van der Waals surface area contributed by atoms with E-state index in [0.717, 1.165) is 0 Å². The van der Waals surface area contributed by atoms with Gasteiger partial charge in [0.1, 0.15) is 11.6 Å². The second-order valence-corrected chi connectivity index (χ2v) is 3.65. The van der Waals surface area contributed by atoms with Crippen molar-refractivity contribution in [2.24, 2.45) is 0 Å². The zero-order valence-electron chi connectivity index (χ0n) is 9.05. The van der Waals surface area contributed by atoms with Crippen LogP contribution >= 0.6 is 0 Å². The molecule has 82 valence electrons. The third kappa shape index (κ3) is 4.23. The van der Waals surface area contributed by atoms with Gasteiger partial charge in [0.2, 0.25) is 5.91 Å². The van der Waals surface area contributed by atoms with Crippen LogP contribution in [0.2, 0.25) is 0 Å². The molecule has 0 aromatic carbocycles. The fraction of sp³-hybridized carbons (Fsp3) is 0.778. The zero-order valence-corrected chi connectivity index (χ0v) is 9.05. The molecule has 2 amide bonds. The van der Waals surface area contributed by atoms with E-state index < -0.39 is 17.6 Å². The summed E-state index contributed by atoms with van der Waals surface area (Å²) in [5.41, 5.74) is -1.46. The molecule has 0 rings (SSSR count). The second kappa shape index (κ2) is 4.95. The SMILES string of the molecule is CCNC(=O)C(C)NC(=O)C(C)(C)O. The molecule has 0 fully saturated rings. The molecule has 0 aliphatic heterocycles. The maximum absolute atomic E-state index is 11.2. The maximum atomic E-state index is 11.2. The molecule has 14 heavy (non-hydrogen) atoms. The Morgan fingerprint density at radius 2 is 1.93 bits per heavy atom. The van der Waals surface area contributed by atoms with E-state index in [9.17, 15) is 14.7 Å². The van der Waals surface area contributed by atoms with Gasteiger partial charge in [0.15, 0.2) is 0 Å². The lowest BCUT2D eigenvalue weighted by atomic mass is 10.1. The molecule has 0 saturated heterocycles. The number of hydrogen-bond donors (Lipinski definition) is 3. The Kier molecular flexibility index (Phi) is 4.56. The van der Waals surface area contributed by atoms with E-state index in [1.54, 1.807) is 13.8 Å². The van der Waals surface area contributed by atoms with Crippen LogP contribution < -0.4 is 10.6 Å². The number of likely N-dealkylation sites (N-methyl/N-ethyl adjacent to an activating group) is 1. The normalized spacial score (nSPS) is 13.2. The molecular formula is C9H18N2O3. The Labute approximate surface area is 83.9 Å². The Morgan fingerprint density at radius 3 is 2.29 bits per heavy atom. The molecule has 1 atom stereocenters. The van der Waals surface area contributed by atoms with Gasteiger partial charge in [0.25, 0.3) is 5.91 Å². The van der Waals surface area contributed by atoms with Crippen molar-refractivity contribution < 1.29 is 14.7 Å². The fourth-order valence-electron chi connectivity index (χ4n) is 0.766. The molecular weight excluding hydrogens is 184 g/mol. The number of hydrogen-bond acceptors (Lipinski definition) is 3. The Balaban J connectivity index is 4.13. The van der Waals surface area contributed by atoms with Crippen LogP contribution in [0, 0.1) is 0 Å². The minimum atomic E-state index is -1.46. The van der Waals surface area contributed by atoms with E-state index in [2.05, 4.69) is 10.6 Å². The summed E-state index contributed by atoms with van der Waals surface area (Å²) in [7, 11) is 0. The predicted molar refractivity (Wildman–Crippen MR) is 52.6 cm³/mol. The number of amides is 2. The number of carbonyl (C=O) groups is 2. The van der Waals surface area contributed by atoms with Crippen molar-refractivity contribution in [3.05, 3.63) is 0 Å². The van der Waals surface area contributed by atoms with E-state index in [-0.39, 0.29) is 5.91 Å². The van der Waals surface area contributed by atoms with Crippen molar-refractivity contribution in [3.63, 3.8) is 0 Å². The van der Waals surface area contributed by atoms with E-state index in [1.165, 1.54) is 13.8 Å². The van der Waals surface area contributed by atoms with Gasteiger partial charge >= 0.3 is 0 Å². The molecule has 0 aliphatic rings. The number of carbonyl (C=O) groups excluding carboxylic acids is 2. The van der Waals surface area contributed by atoms with Crippen molar-refractivity contribution in [3.8, 4) is 0 Å². The average Bonchev–Trinajstić information content (AvgIpc) is 2.02. The standard InChI is InChI=1S/C9H18N2O3/c1-5-10-7(12)6(2)11-8(13)9(3,4)14/h6,14H,5H2,1-4H3,(H,10,12)(H,11,13). The van der Waals surface area contributed by atoms with Crippen LogP contribution in [0.25, 0.3) is 0 Å². The number of rotatable bonds is 4. The van der Waals surface area contributed by atoms with Gasteiger partial charge in [0, 0.05) is 6.54 Å². The highest BCUT2D eigenvalue weighted by molar-refractivity contribution is 5.90. The first kappa shape index (κ1) is 12.9. The van der Waals surface area contributed by atoms with Crippen LogP contribution in [0.1, 0.15) is 27.7 Å². The number of nitrogens with one attached hydrogen (secondary N) is 2. The first-order valence-electron chi connectivity index (χ1n) is 4.60. The topological polar surface area (TPSA) is 78.4 Å². The van der Waals surface area contributed by atoms with Crippen molar-refractivity contribution in [1.29, 1.82) is 0 Å². The van der Waals surface area contributed by atoms with Gasteiger partial charge in [0.05, 0.1) is 0 Å². The quantitative estimate of drug-likeness (QED) is 0.569. The molecule has 0 saturated carbocycles. The third-order valence-electron chi connectivity index (χ3n) is 1.65. The molecule has 0 bridgehead atoms. The summed E-state index contributed by atoms with van der Waals surface area (Å²) in [5.74, 6) is -0.818. The van der Waals surface area contributed by atoms with Gasteiger partial charge in [-0.2, -0.15) is 0 Å². The summed E-state index contributed by atoms with van der Waals surface area (Å²) in [4.78, 5) is 22.4. The summed E-state index contributed by atoms with van der Waals surface area (Å²) in [6.07, 6.45) is 0. The first-order chi connectivity index (χ1) is 6.29. The van der Waals surface area contributed by atoms with Gasteiger partial charge in [-0.1, -0.05) is 0 Å². The van der Waals surface area contributed by atoms with E-state index in [1.807, 2.05) is 0 Å². The van der Waals surface area contributed by atoms with E-state index in [4.69, 9.17) is 0 Å². The summed E-state index contributed by atoms with van der Waals surface area (Å²) in [5, 5.41) is 14.3. The molecule has 0 aromatic rings. The Bertz CT molecular complexity index is 221. The van der Waals surface area contributed by atoms with Crippen LogP contribution in [0.3, 0.4) is 0 Å². The van der Waals surface area contributed by atoms with Crippen molar-refractivity contribution in [2.75, 3.05) is 6.54 Å². The molecule has 0 aliphatic carbocycles. The van der Waals surface area contributed by atoms with Crippen molar-refractivity contribution in [2.45, 2.75) is 39.3 Å². The summed E-state index contributed by atoms with van der Waals surface area (Å²) >= 11 is 0. The largest absolute Gasteiger partial charge is 0.381 e. The lowest BCUT2D eigenvalue weighted by molar-refractivity contribution is -0.139. The lowest BCUT2D eigenvalue weighted by Gasteiger charge is -2.20. The highest BCUT2D eigenvalue weighted by Gasteiger charge is 2.26. The van der Waals surface area contributed by atoms with Crippen molar-refractivity contribution >= 4 is 11.8 Å².